The first kappa shape index (κ1) is 16.6. The summed E-state index contributed by atoms with van der Waals surface area (Å²) in [6.07, 6.45) is 0. The zero-order valence-electron chi connectivity index (χ0n) is 13.3. The molecule has 0 aliphatic rings. The Kier molecular flexibility index (Phi) is 5.36. The first-order valence-corrected chi connectivity index (χ1v) is 7.04. The van der Waals surface area contributed by atoms with Crippen molar-refractivity contribution in [2.75, 3.05) is 32.5 Å². The van der Waals surface area contributed by atoms with E-state index in [4.69, 9.17) is 0 Å². The Morgan fingerprint density at radius 2 is 1.87 bits per heavy atom. The molecular formula is C14H19N7O2. The molecule has 23 heavy (non-hydrogen) atoms. The van der Waals surface area contributed by atoms with E-state index in [1.807, 2.05) is 19.0 Å². The molecule has 2 aromatic rings. The number of tetrazole rings is 1. The number of hydrogen-bond donors (Lipinski definition) is 2. The first-order valence-electron chi connectivity index (χ1n) is 7.04. The predicted octanol–water partition coefficient (Wildman–Crippen LogP) is -0.507. The van der Waals surface area contributed by atoms with Crippen molar-refractivity contribution in [3.05, 3.63) is 24.3 Å². The molecule has 1 aromatic carbocycles. The number of nitrogens with zero attached hydrogens (tertiary/aromatic N) is 5. The molecule has 0 spiro atoms. The van der Waals surface area contributed by atoms with E-state index in [0.717, 1.165) is 5.56 Å². The highest BCUT2D eigenvalue weighted by Crippen LogP contribution is 2.16. The molecule has 1 aromatic heterocycles. The maximum atomic E-state index is 11.8. The monoisotopic (exact) mass is 317 g/mol. The van der Waals surface area contributed by atoms with Crippen LogP contribution in [-0.4, -0.2) is 64.1 Å². The Morgan fingerprint density at radius 3 is 2.43 bits per heavy atom. The molecule has 0 radical (unpaired) electrons. The zero-order chi connectivity index (χ0) is 16.8. The quantitative estimate of drug-likeness (QED) is 0.720. The fourth-order valence-electron chi connectivity index (χ4n) is 1.76. The normalized spacial score (nSPS) is 10.6. The molecule has 9 nitrogen and oxygen atoms in total. The summed E-state index contributed by atoms with van der Waals surface area (Å²) in [6, 6.07) is 6.85. The fraction of sp³-hybridized carbons (Fsp3) is 0.357. The molecule has 0 unspecified atom stereocenters. The van der Waals surface area contributed by atoms with Crippen molar-refractivity contribution in [3.8, 4) is 11.4 Å². The van der Waals surface area contributed by atoms with Crippen LogP contribution in [0.3, 0.4) is 0 Å². The molecule has 0 atom stereocenters. The van der Waals surface area contributed by atoms with Crippen molar-refractivity contribution in [1.82, 2.24) is 30.4 Å². The van der Waals surface area contributed by atoms with Crippen molar-refractivity contribution in [2.24, 2.45) is 7.05 Å². The van der Waals surface area contributed by atoms with E-state index < -0.39 is 11.8 Å². The number of rotatable bonds is 5. The largest absolute Gasteiger partial charge is 0.347 e. The lowest BCUT2D eigenvalue weighted by Gasteiger charge is -2.10. The molecule has 2 rings (SSSR count). The van der Waals surface area contributed by atoms with Crippen LogP contribution in [0.4, 0.5) is 5.69 Å². The lowest BCUT2D eigenvalue weighted by Crippen LogP contribution is -2.38. The van der Waals surface area contributed by atoms with Crippen LogP contribution in [0.1, 0.15) is 0 Å². The number of anilines is 1. The highest BCUT2D eigenvalue weighted by Gasteiger charge is 2.13. The summed E-state index contributed by atoms with van der Waals surface area (Å²) in [5.41, 5.74) is 1.29. The molecular weight excluding hydrogens is 298 g/mol. The highest BCUT2D eigenvalue weighted by atomic mass is 16.2. The van der Waals surface area contributed by atoms with Crippen LogP contribution < -0.4 is 10.6 Å². The van der Waals surface area contributed by atoms with E-state index in [-0.39, 0.29) is 0 Å². The highest BCUT2D eigenvalue weighted by molar-refractivity contribution is 6.39. The van der Waals surface area contributed by atoms with Gasteiger partial charge in [0.2, 0.25) is 5.82 Å². The van der Waals surface area contributed by atoms with Crippen molar-refractivity contribution < 1.29 is 9.59 Å². The molecule has 2 N–H and O–H groups in total. The summed E-state index contributed by atoms with van der Waals surface area (Å²) >= 11 is 0. The van der Waals surface area contributed by atoms with Gasteiger partial charge in [0.05, 0.1) is 7.05 Å². The third-order valence-corrected chi connectivity index (χ3v) is 2.96. The Labute approximate surface area is 133 Å². The van der Waals surface area contributed by atoms with Gasteiger partial charge in [-0.1, -0.05) is 0 Å². The number of amides is 2. The first-order chi connectivity index (χ1) is 11.0. The van der Waals surface area contributed by atoms with Crippen LogP contribution in [0.2, 0.25) is 0 Å². The molecule has 0 bridgehead atoms. The number of aromatic nitrogens is 4. The van der Waals surface area contributed by atoms with Gasteiger partial charge in [-0.25, -0.2) is 0 Å². The van der Waals surface area contributed by atoms with E-state index >= 15 is 0 Å². The van der Waals surface area contributed by atoms with Crippen LogP contribution in [0.5, 0.6) is 0 Å². The number of likely N-dealkylation sites (N-methyl/N-ethyl adjacent to an activating group) is 1. The molecule has 9 heteroatoms. The van der Waals surface area contributed by atoms with E-state index in [0.29, 0.717) is 24.6 Å². The minimum absolute atomic E-state index is 0.413. The summed E-state index contributed by atoms with van der Waals surface area (Å²) in [4.78, 5) is 26.7. The lowest BCUT2D eigenvalue weighted by molar-refractivity contribution is -0.136. The standard InChI is InChI=1S/C14H19N7O2/c1-20(2)9-8-15-13(22)14(23)16-11-6-4-10(5-7-11)12-17-19-21(3)18-12/h4-7H,8-9H2,1-3H3,(H,15,22)(H,16,23). The number of carbonyl (C=O) groups excluding carboxylic acids is 2. The van der Waals surface area contributed by atoms with Crippen molar-refractivity contribution in [2.45, 2.75) is 0 Å². The Morgan fingerprint density at radius 1 is 1.17 bits per heavy atom. The maximum absolute atomic E-state index is 11.8. The third-order valence-electron chi connectivity index (χ3n) is 2.96. The number of hydrogen-bond acceptors (Lipinski definition) is 6. The van der Waals surface area contributed by atoms with Gasteiger partial charge in [-0.05, 0) is 43.6 Å². The van der Waals surface area contributed by atoms with Crippen LogP contribution in [-0.2, 0) is 16.6 Å². The predicted molar refractivity (Wildman–Crippen MR) is 84.4 cm³/mol. The molecule has 1 heterocycles. The molecule has 0 aliphatic carbocycles. The van der Waals surface area contributed by atoms with Crippen molar-refractivity contribution >= 4 is 17.5 Å². The van der Waals surface area contributed by atoms with Gasteiger partial charge in [0.25, 0.3) is 0 Å². The second-order valence-electron chi connectivity index (χ2n) is 5.19. The summed E-state index contributed by atoms with van der Waals surface area (Å²) < 4.78 is 0. The van der Waals surface area contributed by atoms with Crippen LogP contribution in [0.15, 0.2) is 24.3 Å². The van der Waals surface area contributed by atoms with Crippen molar-refractivity contribution in [3.63, 3.8) is 0 Å². The number of benzene rings is 1. The number of nitrogens with one attached hydrogen (secondary N) is 2. The van der Waals surface area contributed by atoms with E-state index in [1.54, 1.807) is 31.3 Å². The van der Waals surface area contributed by atoms with E-state index in [1.165, 1.54) is 4.80 Å². The summed E-state index contributed by atoms with van der Waals surface area (Å²) in [6.45, 7) is 1.08. The SMILES string of the molecule is CN(C)CCNC(=O)C(=O)Nc1ccc(-c2nnn(C)n2)cc1. The Hall–Kier alpha value is -2.81. The summed E-state index contributed by atoms with van der Waals surface area (Å²) in [5.74, 6) is -0.868. The molecule has 122 valence electrons. The molecule has 0 saturated heterocycles. The van der Waals surface area contributed by atoms with Gasteiger partial charge in [-0.3, -0.25) is 9.59 Å². The van der Waals surface area contributed by atoms with Crippen LogP contribution >= 0.6 is 0 Å². The minimum Gasteiger partial charge on any atom is -0.347 e. The summed E-state index contributed by atoms with van der Waals surface area (Å²) in [5, 5.41) is 16.8. The van der Waals surface area contributed by atoms with Gasteiger partial charge in [0.15, 0.2) is 0 Å². The zero-order valence-corrected chi connectivity index (χ0v) is 13.3. The van der Waals surface area contributed by atoms with Gasteiger partial charge in [-0.15, -0.1) is 10.2 Å². The van der Waals surface area contributed by atoms with E-state index in [2.05, 4.69) is 26.0 Å². The van der Waals surface area contributed by atoms with Gasteiger partial charge in [-0.2, -0.15) is 4.80 Å². The second-order valence-corrected chi connectivity index (χ2v) is 5.19. The van der Waals surface area contributed by atoms with Gasteiger partial charge >= 0.3 is 11.8 Å². The minimum atomic E-state index is -0.700. The third kappa shape index (κ3) is 4.85. The molecule has 0 saturated carbocycles. The van der Waals surface area contributed by atoms with Crippen molar-refractivity contribution in [1.29, 1.82) is 0 Å². The second kappa shape index (κ2) is 7.45. The van der Waals surface area contributed by atoms with E-state index in [9.17, 15) is 9.59 Å². The lowest BCUT2D eigenvalue weighted by atomic mass is 10.2. The molecule has 0 fully saturated rings. The average Bonchev–Trinajstić information content (AvgIpc) is 2.94. The fourth-order valence-corrected chi connectivity index (χ4v) is 1.76. The van der Waals surface area contributed by atoms with Gasteiger partial charge in [0.1, 0.15) is 0 Å². The van der Waals surface area contributed by atoms with Gasteiger partial charge in [0, 0.05) is 24.3 Å². The molecule has 0 aliphatic heterocycles. The summed E-state index contributed by atoms with van der Waals surface area (Å²) in [7, 11) is 5.46. The average molecular weight is 317 g/mol. The maximum Gasteiger partial charge on any atom is 0.313 e. The van der Waals surface area contributed by atoms with Crippen LogP contribution in [0, 0.1) is 0 Å². The van der Waals surface area contributed by atoms with Crippen LogP contribution in [0.25, 0.3) is 11.4 Å². The molecule has 2 amide bonds. The van der Waals surface area contributed by atoms with Gasteiger partial charge < -0.3 is 15.5 Å². The topological polar surface area (TPSA) is 105 Å². The number of carbonyl (C=O) groups is 2. The Balaban J connectivity index is 1.90. The number of aryl methyl sites for hydroxylation is 1. The Bertz CT molecular complexity index is 679. The smallest absolute Gasteiger partial charge is 0.313 e.